The molecule has 1 N–H and O–H groups in total. The molecule has 1 aromatic heterocycles. The fourth-order valence-electron chi connectivity index (χ4n) is 2.61. The summed E-state index contributed by atoms with van der Waals surface area (Å²) in [6.45, 7) is 3.87. The highest BCUT2D eigenvalue weighted by Crippen LogP contribution is 2.37. The van der Waals surface area contributed by atoms with Crippen molar-refractivity contribution in [2.45, 2.75) is 45.4 Å². The van der Waals surface area contributed by atoms with E-state index in [1.807, 2.05) is 0 Å². The number of nitrogens with zero attached hydrogens (tertiary/aromatic N) is 1. The summed E-state index contributed by atoms with van der Waals surface area (Å²) in [5, 5.41) is 13.1. The number of rotatable bonds is 2. The van der Waals surface area contributed by atoms with Gasteiger partial charge < -0.3 is 9.63 Å². The molecule has 1 saturated carbocycles. The average molecular weight is 223 g/mol. The minimum absolute atomic E-state index is 0.257. The van der Waals surface area contributed by atoms with Gasteiger partial charge in [0.05, 0.1) is 0 Å². The zero-order valence-electron chi connectivity index (χ0n) is 9.69. The number of aryl methyl sites for hydroxylation is 1. The summed E-state index contributed by atoms with van der Waals surface area (Å²) in [5.41, 5.74) is 0.927. The second kappa shape index (κ2) is 4.28. The Kier molecular flexibility index (Phi) is 2.99. The van der Waals surface area contributed by atoms with Crippen LogP contribution >= 0.6 is 0 Å². The van der Waals surface area contributed by atoms with Crippen LogP contribution in [-0.4, -0.2) is 16.2 Å². The van der Waals surface area contributed by atoms with Gasteiger partial charge in [-0.3, -0.25) is 0 Å². The first-order valence-corrected chi connectivity index (χ1v) is 5.79. The van der Waals surface area contributed by atoms with Crippen LogP contribution in [-0.2, 0) is 0 Å². The van der Waals surface area contributed by atoms with E-state index < -0.39 is 5.97 Å². The van der Waals surface area contributed by atoms with Crippen molar-refractivity contribution in [1.82, 2.24) is 5.16 Å². The molecule has 0 bridgehead atoms. The van der Waals surface area contributed by atoms with Gasteiger partial charge in [0.2, 0.25) is 0 Å². The summed E-state index contributed by atoms with van der Waals surface area (Å²) in [5.74, 6) is 0.400. The molecule has 16 heavy (non-hydrogen) atoms. The first-order chi connectivity index (χ1) is 7.59. The Bertz CT molecular complexity index is 397. The molecule has 1 aliphatic carbocycles. The van der Waals surface area contributed by atoms with Crippen molar-refractivity contribution < 1.29 is 14.4 Å². The van der Waals surface area contributed by atoms with Gasteiger partial charge >= 0.3 is 5.97 Å². The lowest BCUT2D eigenvalue weighted by molar-refractivity contribution is 0.0693. The van der Waals surface area contributed by atoms with Gasteiger partial charge in [-0.05, 0) is 25.7 Å². The van der Waals surface area contributed by atoms with Crippen LogP contribution in [0.15, 0.2) is 4.52 Å². The van der Waals surface area contributed by atoms with Gasteiger partial charge in [-0.2, -0.15) is 0 Å². The molecule has 2 rings (SSSR count). The summed E-state index contributed by atoms with van der Waals surface area (Å²) >= 11 is 0. The predicted molar refractivity (Wildman–Crippen MR) is 58.6 cm³/mol. The average Bonchev–Trinajstić information content (AvgIpc) is 2.60. The molecule has 0 aliphatic heterocycles. The highest BCUT2D eigenvalue weighted by Gasteiger charge is 2.29. The van der Waals surface area contributed by atoms with Crippen molar-refractivity contribution in [2.75, 3.05) is 0 Å². The Morgan fingerprint density at radius 2 is 2.25 bits per heavy atom. The first kappa shape index (κ1) is 11.2. The number of hydrogen-bond donors (Lipinski definition) is 1. The topological polar surface area (TPSA) is 63.3 Å². The van der Waals surface area contributed by atoms with Crippen LogP contribution in [0.5, 0.6) is 0 Å². The third-order valence-electron chi connectivity index (χ3n) is 3.43. The SMILES string of the molecule is Cc1onc(C2CCCC(C)C2)c1C(=O)O. The van der Waals surface area contributed by atoms with E-state index in [-0.39, 0.29) is 11.5 Å². The van der Waals surface area contributed by atoms with Crippen LogP contribution in [0.3, 0.4) is 0 Å². The molecule has 2 unspecified atom stereocenters. The van der Waals surface area contributed by atoms with E-state index >= 15 is 0 Å². The van der Waals surface area contributed by atoms with Crippen molar-refractivity contribution in [2.24, 2.45) is 5.92 Å². The second-order valence-electron chi connectivity index (χ2n) is 4.77. The number of aromatic carboxylic acids is 1. The van der Waals surface area contributed by atoms with E-state index in [2.05, 4.69) is 12.1 Å². The molecule has 4 heteroatoms. The zero-order valence-corrected chi connectivity index (χ0v) is 9.69. The van der Waals surface area contributed by atoms with Gasteiger partial charge in [0.15, 0.2) is 0 Å². The number of aromatic nitrogens is 1. The van der Waals surface area contributed by atoms with Crippen LogP contribution in [0.1, 0.15) is 60.3 Å². The summed E-state index contributed by atoms with van der Waals surface area (Å²) in [7, 11) is 0. The van der Waals surface area contributed by atoms with Crippen molar-refractivity contribution >= 4 is 5.97 Å². The molecular formula is C12H17NO3. The highest BCUT2D eigenvalue weighted by atomic mass is 16.5. The quantitative estimate of drug-likeness (QED) is 0.837. The number of carboxylic acid groups (broad SMARTS) is 1. The monoisotopic (exact) mass is 223 g/mol. The van der Waals surface area contributed by atoms with E-state index in [0.717, 1.165) is 19.3 Å². The first-order valence-electron chi connectivity index (χ1n) is 5.79. The fourth-order valence-corrected chi connectivity index (χ4v) is 2.61. The molecule has 1 heterocycles. The smallest absolute Gasteiger partial charge is 0.341 e. The lowest BCUT2D eigenvalue weighted by atomic mass is 9.80. The summed E-state index contributed by atoms with van der Waals surface area (Å²) < 4.78 is 5.01. The standard InChI is InChI=1S/C12H17NO3/c1-7-4-3-5-9(6-7)11-10(12(14)15)8(2)16-13-11/h7,9H,3-6H2,1-2H3,(H,14,15). The van der Waals surface area contributed by atoms with Gasteiger partial charge in [0.25, 0.3) is 0 Å². The van der Waals surface area contributed by atoms with E-state index in [4.69, 9.17) is 9.63 Å². The van der Waals surface area contributed by atoms with Gasteiger partial charge in [0, 0.05) is 5.92 Å². The largest absolute Gasteiger partial charge is 0.477 e. The lowest BCUT2D eigenvalue weighted by Crippen LogP contribution is -2.15. The van der Waals surface area contributed by atoms with Crippen molar-refractivity contribution in [1.29, 1.82) is 0 Å². The van der Waals surface area contributed by atoms with Crippen molar-refractivity contribution in [3.05, 3.63) is 17.0 Å². The maximum atomic E-state index is 11.1. The Morgan fingerprint density at radius 3 is 2.88 bits per heavy atom. The minimum Gasteiger partial charge on any atom is -0.477 e. The molecule has 0 saturated heterocycles. The number of carboxylic acids is 1. The second-order valence-corrected chi connectivity index (χ2v) is 4.77. The van der Waals surface area contributed by atoms with E-state index in [1.165, 1.54) is 6.42 Å². The van der Waals surface area contributed by atoms with Gasteiger partial charge in [-0.1, -0.05) is 24.9 Å². The van der Waals surface area contributed by atoms with Crippen molar-refractivity contribution in [3.8, 4) is 0 Å². The molecule has 2 atom stereocenters. The van der Waals surface area contributed by atoms with Gasteiger partial charge in [-0.25, -0.2) is 4.79 Å². The molecule has 4 nitrogen and oxygen atoms in total. The summed E-state index contributed by atoms with van der Waals surface area (Å²) in [4.78, 5) is 11.1. The van der Waals surface area contributed by atoms with Crippen molar-refractivity contribution in [3.63, 3.8) is 0 Å². The molecule has 1 aromatic rings. The maximum Gasteiger partial charge on any atom is 0.341 e. The maximum absolute atomic E-state index is 11.1. The lowest BCUT2D eigenvalue weighted by Gasteiger charge is -2.25. The predicted octanol–water partition coefficient (Wildman–Crippen LogP) is 2.97. The molecule has 0 radical (unpaired) electrons. The molecule has 88 valence electrons. The normalized spacial score (nSPS) is 25.6. The van der Waals surface area contributed by atoms with E-state index in [1.54, 1.807) is 6.92 Å². The van der Waals surface area contributed by atoms with Gasteiger partial charge in [-0.15, -0.1) is 0 Å². The molecule has 1 fully saturated rings. The van der Waals surface area contributed by atoms with Crippen LogP contribution < -0.4 is 0 Å². The van der Waals surface area contributed by atoms with E-state index in [0.29, 0.717) is 17.4 Å². The summed E-state index contributed by atoms with van der Waals surface area (Å²) in [6.07, 6.45) is 4.43. The van der Waals surface area contributed by atoms with Crippen LogP contribution in [0, 0.1) is 12.8 Å². The molecule has 0 amide bonds. The zero-order chi connectivity index (χ0) is 11.7. The molecular weight excluding hydrogens is 206 g/mol. The van der Waals surface area contributed by atoms with Gasteiger partial charge in [0.1, 0.15) is 17.0 Å². The Morgan fingerprint density at radius 1 is 1.50 bits per heavy atom. The van der Waals surface area contributed by atoms with E-state index in [9.17, 15) is 4.79 Å². The fraction of sp³-hybridized carbons (Fsp3) is 0.667. The highest BCUT2D eigenvalue weighted by molar-refractivity contribution is 5.90. The Labute approximate surface area is 94.6 Å². The third-order valence-corrected chi connectivity index (χ3v) is 3.43. The molecule has 1 aliphatic rings. The Hall–Kier alpha value is -1.32. The molecule has 0 aromatic carbocycles. The van der Waals surface area contributed by atoms with Crippen LogP contribution in [0.4, 0.5) is 0 Å². The number of carbonyl (C=O) groups is 1. The Balaban J connectivity index is 2.29. The van der Waals surface area contributed by atoms with Crippen LogP contribution in [0.25, 0.3) is 0 Å². The number of hydrogen-bond acceptors (Lipinski definition) is 3. The minimum atomic E-state index is -0.924. The summed E-state index contributed by atoms with van der Waals surface area (Å²) in [6, 6.07) is 0. The molecule has 0 spiro atoms. The van der Waals surface area contributed by atoms with Crippen LogP contribution in [0.2, 0.25) is 0 Å². The third kappa shape index (κ3) is 1.96.